The van der Waals surface area contributed by atoms with Crippen LogP contribution in [0.25, 0.3) is 0 Å². The molecule has 0 radical (unpaired) electrons. The number of carbonyl (C=O) groups is 2. The van der Waals surface area contributed by atoms with Crippen LogP contribution in [0.1, 0.15) is 10.7 Å². The maximum Gasteiger partial charge on any atom is 0.320 e. The van der Waals surface area contributed by atoms with E-state index in [1.54, 1.807) is 5.38 Å². The Kier molecular flexibility index (Phi) is 3.79. The summed E-state index contributed by atoms with van der Waals surface area (Å²) in [5, 5.41) is 11.4. The number of rotatable bonds is 4. The predicted molar refractivity (Wildman–Crippen MR) is 53.7 cm³/mol. The van der Waals surface area contributed by atoms with Gasteiger partial charge in [-0.25, -0.2) is 4.98 Å². The minimum absolute atomic E-state index is 0.0757. The van der Waals surface area contributed by atoms with Crippen molar-refractivity contribution in [2.75, 3.05) is 7.11 Å². The molecule has 0 bridgehead atoms. The van der Waals surface area contributed by atoms with E-state index in [1.165, 1.54) is 18.4 Å². The number of thiazole rings is 1. The third kappa shape index (κ3) is 3.02. The highest BCUT2D eigenvalue weighted by Gasteiger charge is 2.28. The summed E-state index contributed by atoms with van der Waals surface area (Å²) in [4.78, 5) is 26.0. The monoisotopic (exact) mass is 229 g/mol. The van der Waals surface area contributed by atoms with Gasteiger partial charge in [0.1, 0.15) is 0 Å². The Bertz CT molecular complexity index is 374. The van der Waals surface area contributed by atoms with Gasteiger partial charge in [0.2, 0.25) is 0 Å². The number of methoxy groups -OCH3 is 1. The van der Waals surface area contributed by atoms with Crippen molar-refractivity contribution in [3.05, 3.63) is 16.1 Å². The Balaban J connectivity index is 2.75. The minimum Gasteiger partial charge on any atom is -0.481 e. The Morgan fingerprint density at radius 3 is 2.73 bits per heavy atom. The molecule has 0 aliphatic rings. The van der Waals surface area contributed by atoms with Gasteiger partial charge in [-0.2, -0.15) is 0 Å². The number of hydrogen-bond acceptors (Lipinski definition) is 5. The first-order valence-electron chi connectivity index (χ1n) is 4.26. The lowest BCUT2D eigenvalue weighted by Gasteiger charge is -2.07. The molecule has 0 spiro atoms. The summed E-state index contributed by atoms with van der Waals surface area (Å²) in [6.45, 7) is 1.82. The number of aliphatic carboxylic acids is 1. The molecule has 1 aromatic rings. The van der Waals surface area contributed by atoms with Crippen LogP contribution in [0, 0.1) is 12.8 Å². The second kappa shape index (κ2) is 4.88. The Hall–Kier alpha value is -1.43. The topological polar surface area (TPSA) is 76.5 Å². The predicted octanol–water partition coefficient (Wildman–Crippen LogP) is 0.868. The first kappa shape index (κ1) is 11.6. The van der Waals surface area contributed by atoms with Crippen molar-refractivity contribution < 1.29 is 19.4 Å². The second-order valence-electron chi connectivity index (χ2n) is 2.98. The van der Waals surface area contributed by atoms with Gasteiger partial charge in [0, 0.05) is 11.8 Å². The SMILES string of the molecule is COC(=O)C(Cc1csc(C)n1)C(=O)O. The van der Waals surface area contributed by atoms with Crippen molar-refractivity contribution in [3.8, 4) is 0 Å². The highest BCUT2D eigenvalue weighted by molar-refractivity contribution is 7.09. The Morgan fingerprint density at radius 1 is 1.67 bits per heavy atom. The number of ether oxygens (including phenoxy) is 1. The zero-order valence-electron chi connectivity index (χ0n) is 8.39. The van der Waals surface area contributed by atoms with Crippen LogP contribution in [0.3, 0.4) is 0 Å². The van der Waals surface area contributed by atoms with Gasteiger partial charge < -0.3 is 9.84 Å². The first-order valence-corrected chi connectivity index (χ1v) is 5.14. The van der Waals surface area contributed by atoms with Crippen molar-refractivity contribution in [2.24, 2.45) is 5.92 Å². The summed E-state index contributed by atoms with van der Waals surface area (Å²) in [6.07, 6.45) is 0.0757. The highest BCUT2D eigenvalue weighted by Crippen LogP contribution is 2.14. The molecule has 1 heterocycles. The van der Waals surface area contributed by atoms with Crippen LogP contribution >= 0.6 is 11.3 Å². The quantitative estimate of drug-likeness (QED) is 0.612. The number of aryl methyl sites for hydroxylation is 1. The largest absolute Gasteiger partial charge is 0.481 e. The van der Waals surface area contributed by atoms with E-state index in [2.05, 4.69) is 9.72 Å². The van der Waals surface area contributed by atoms with E-state index in [1.807, 2.05) is 6.92 Å². The molecule has 0 amide bonds. The maximum absolute atomic E-state index is 11.1. The molecule has 1 rings (SSSR count). The summed E-state index contributed by atoms with van der Waals surface area (Å²) in [5.74, 6) is -3.10. The summed E-state index contributed by atoms with van der Waals surface area (Å²) in [7, 11) is 1.17. The summed E-state index contributed by atoms with van der Waals surface area (Å²) in [5.41, 5.74) is 0.607. The number of nitrogens with zero attached hydrogens (tertiary/aromatic N) is 1. The molecule has 1 unspecified atom stereocenters. The van der Waals surface area contributed by atoms with Crippen LogP contribution < -0.4 is 0 Å². The molecule has 0 aliphatic heterocycles. The van der Waals surface area contributed by atoms with Crippen LogP contribution in [-0.2, 0) is 20.7 Å². The van der Waals surface area contributed by atoms with E-state index < -0.39 is 17.9 Å². The second-order valence-corrected chi connectivity index (χ2v) is 4.04. The third-order valence-electron chi connectivity index (χ3n) is 1.86. The van der Waals surface area contributed by atoms with Gasteiger partial charge in [-0.15, -0.1) is 11.3 Å². The molecular formula is C9H11NO4S. The molecule has 0 aromatic carbocycles. The Morgan fingerprint density at radius 2 is 2.33 bits per heavy atom. The molecule has 1 aromatic heterocycles. The standard InChI is InChI=1S/C9H11NO4S/c1-5-10-6(4-15-5)3-7(8(11)12)9(13)14-2/h4,7H,3H2,1-2H3,(H,11,12). The van der Waals surface area contributed by atoms with E-state index in [4.69, 9.17) is 5.11 Å². The van der Waals surface area contributed by atoms with Crippen molar-refractivity contribution in [1.29, 1.82) is 0 Å². The average molecular weight is 229 g/mol. The number of carboxylic acids is 1. The van der Waals surface area contributed by atoms with Gasteiger partial charge in [-0.1, -0.05) is 0 Å². The molecule has 5 nitrogen and oxygen atoms in total. The Labute approximate surface area is 90.7 Å². The molecule has 0 fully saturated rings. The number of esters is 1. The van der Waals surface area contributed by atoms with Gasteiger partial charge in [-0.05, 0) is 6.92 Å². The van der Waals surface area contributed by atoms with Crippen molar-refractivity contribution in [3.63, 3.8) is 0 Å². The van der Waals surface area contributed by atoms with E-state index >= 15 is 0 Å². The number of carboxylic acid groups (broad SMARTS) is 1. The van der Waals surface area contributed by atoms with Crippen molar-refractivity contribution >= 4 is 23.3 Å². The zero-order chi connectivity index (χ0) is 11.4. The van der Waals surface area contributed by atoms with Crippen LogP contribution in [-0.4, -0.2) is 29.1 Å². The van der Waals surface area contributed by atoms with Gasteiger partial charge in [0.15, 0.2) is 5.92 Å². The van der Waals surface area contributed by atoms with Crippen LogP contribution in [0.15, 0.2) is 5.38 Å². The fourth-order valence-electron chi connectivity index (χ4n) is 1.12. The third-order valence-corrected chi connectivity index (χ3v) is 2.69. The van der Waals surface area contributed by atoms with E-state index in [0.717, 1.165) is 5.01 Å². The molecule has 82 valence electrons. The lowest BCUT2D eigenvalue weighted by atomic mass is 10.0. The van der Waals surface area contributed by atoms with Gasteiger partial charge in [0.25, 0.3) is 0 Å². The lowest BCUT2D eigenvalue weighted by molar-refractivity contribution is -0.156. The first-order chi connectivity index (χ1) is 7.04. The zero-order valence-corrected chi connectivity index (χ0v) is 9.21. The maximum atomic E-state index is 11.1. The summed E-state index contributed by atoms with van der Waals surface area (Å²) >= 11 is 1.42. The fourth-order valence-corrected chi connectivity index (χ4v) is 1.75. The van der Waals surface area contributed by atoms with E-state index in [0.29, 0.717) is 5.69 Å². The van der Waals surface area contributed by atoms with Crippen LogP contribution in [0.4, 0.5) is 0 Å². The molecule has 1 N–H and O–H groups in total. The summed E-state index contributed by atoms with van der Waals surface area (Å²) < 4.78 is 4.41. The van der Waals surface area contributed by atoms with Gasteiger partial charge in [-0.3, -0.25) is 9.59 Å². The molecule has 0 saturated heterocycles. The van der Waals surface area contributed by atoms with Gasteiger partial charge >= 0.3 is 11.9 Å². The van der Waals surface area contributed by atoms with E-state index in [-0.39, 0.29) is 6.42 Å². The molecule has 1 atom stereocenters. The van der Waals surface area contributed by atoms with Crippen molar-refractivity contribution in [1.82, 2.24) is 4.98 Å². The smallest absolute Gasteiger partial charge is 0.320 e. The molecule has 0 aliphatic carbocycles. The normalized spacial score (nSPS) is 12.1. The van der Waals surface area contributed by atoms with Crippen LogP contribution in [0.5, 0.6) is 0 Å². The molecular weight excluding hydrogens is 218 g/mol. The number of aromatic nitrogens is 1. The molecule has 0 saturated carbocycles. The molecule has 15 heavy (non-hydrogen) atoms. The number of hydrogen-bond donors (Lipinski definition) is 1. The fraction of sp³-hybridized carbons (Fsp3) is 0.444. The van der Waals surface area contributed by atoms with Crippen LogP contribution in [0.2, 0.25) is 0 Å². The van der Waals surface area contributed by atoms with E-state index in [9.17, 15) is 9.59 Å². The average Bonchev–Trinajstić information content (AvgIpc) is 2.59. The minimum atomic E-state index is -1.19. The molecule has 6 heteroatoms. The number of carbonyl (C=O) groups excluding carboxylic acids is 1. The van der Waals surface area contributed by atoms with Gasteiger partial charge in [0.05, 0.1) is 17.8 Å². The van der Waals surface area contributed by atoms with Crippen molar-refractivity contribution in [2.45, 2.75) is 13.3 Å². The highest BCUT2D eigenvalue weighted by atomic mass is 32.1. The lowest BCUT2D eigenvalue weighted by Crippen LogP contribution is -2.27. The summed E-state index contributed by atoms with van der Waals surface area (Å²) in [6, 6.07) is 0.